The normalized spacial score (nSPS) is 14.5. The van der Waals surface area contributed by atoms with Crippen molar-refractivity contribution in [3.63, 3.8) is 0 Å². The Kier molecular flexibility index (Phi) is 10.8. The van der Waals surface area contributed by atoms with Gasteiger partial charge >= 0.3 is 11.9 Å². The standard InChI is InChI=1S/C26H37N5O7/c1-13(2)9-19(24(35)30-20(26(37)38)11-21(32)33)29-25(36)22(14(3)4)31-23(34)17(27)10-15-12-28-18-8-6-5-7-16(15)18/h5-8,12-14,17,19-20,22,28H,9-11,27H2,1-4H3,(H,29,36)(H,30,35)(H,31,34)(H,32,33)(H,37,38). The van der Waals surface area contributed by atoms with Crippen LogP contribution < -0.4 is 21.7 Å². The van der Waals surface area contributed by atoms with E-state index in [2.05, 4.69) is 20.9 Å². The fourth-order valence-corrected chi connectivity index (χ4v) is 4.04. The number of carboxylic acid groups (broad SMARTS) is 2. The van der Waals surface area contributed by atoms with Crippen molar-refractivity contribution in [1.82, 2.24) is 20.9 Å². The molecule has 1 aromatic carbocycles. The largest absolute Gasteiger partial charge is 0.481 e. The zero-order valence-electron chi connectivity index (χ0n) is 22.0. The summed E-state index contributed by atoms with van der Waals surface area (Å²) >= 11 is 0. The lowest BCUT2D eigenvalue weighted by molar-refractivity contribution is -0.147. The van der Waals surface area contributed by atoms with Crippen LogP contribution in [0.5, 0.6) is 0 Å². The molecule has 0 aliphatic rings. The Morgan fingerprint density at radius 1 is 0.895 bits per heavy atom. The Morgan fingerprint density at radius 2 is 1.53 bits per heavy atom. The van der Waals surface area contributed by atoms with Gasteiger partial charge in [0.2, 0.25) is 17.7 Å². The molecule has 1 heterocycles. The first-order chi connectivity index (χ1) is 17.8. The van der Waals surface area contributed by atoms with Gasteiger partial charge in [0.25, 0.3) is 0 Å². The molecule has 4 atom stereocenters. The number of hydrogen-bond acceptors (Lipinski definition) is 6. The van der Waals surface area contributed by atoms with Crippen LogP contribution in [0.25, 0.3) is 10.9 Å². The number of fused-ring (bicyclic) bond motifs is 1. The number of amides is 3. The summed E-state index contributed by atoms with van der Waals surface area (Å²) < 4.78 is 0. The summed E-state index contributed by atoms with van der Waals surface area (Å²) in [6.07, 6.45) is 1.37. The number of carboxylic acids is 2. The van der Waals surface area contributed by atoms with E-state index in [1.54, 1.807) is 20.0 Å². The molecule has 0 aliphatic heterocycles. The third-order valence-corrected chi connectivity index (χ3v) is 6.03. The van der Waals surface area contributed by atoms with Gasteiger partial charge in [-0.2, -0.15) is 0 Å². The first kappa shape index (κ1) is 30.3. The molecular formula is C26H37N5O7. The van der Waals surface area contributed by atoms with E-state index in [0.717, 1.165) is 16.5 Å². The van der Waals surface area contributed by atoms with Gasteiger partial charge in [0.15, 0.2) is 0 Å². The topological polar surface area (TPSA) is 204 Å². The number of H-pyrrole nitrogens is 1. The van der Waals surface area contributed by atoms with Gasteiger partial charge in [-0.05, 0) is 36.3 Å². The molecule has 8 N–H and O–H groups in total. The van der Waals surface area contributed by atoms with Crippen molar-refractivity contribution >= 4 is 40.6 Å². The SMILES string of the molecule is CC(C)CC(NC(=O)C(NC(=O)C(N)Cc1c[nH]c2ccccc12)C(C)C)C(=O)NC(CC(=O)O)C(=O)O. The summed E-state index contributed by atoms with van der Waals surface area (Å²) in [5.74, 6) is -5.34. The highest BCUT2D eigenvalue weighted by atomic mass is 16.4. The van der Waals surface area contributed by atoms with Crippen molar-refractivity contribution in [2.45, 2.75) is 71.1 Å². The Bertz CT molecular complexity index is 1160. The molecule has 12 heteroatoms. The number of aromatic amines is 1. The van der Waals surface area contributed by atoms with Crippen LogP contribution in [0.1, 0.15) is 46.1 Å². The van der Waals surface area contributed by atoms with Crippen molar-refractivity contribution in [2.24, 2.45) is 17.6 Å². The van der Waals surface area contributed by atoms with E-state index < -0.39 is 60.2 Å². The second kappa shape index (κ2) is 13.6. The molecule has 2 aromatic rings. The van der Waals surface area contributed by atoms with Crippen LogP contribution in [-0.2, 0) is 30.4 Å². The van der Waals surface area contributed by atoms with Crippen LogP contribution in [-0.4, -0.2) is 69.0 Å². The number of nitrogens with one attached hydrogen (secondary N) is 4. The lowest BCUT2D eigenvalue weighted by atomic mass is 9.98. The van der Waals surface area contributed by atoms with Crippen LogP contribution in [0.2, 0.25) is 0 Å². The Labute approximate surface area is 220 Å². The van der Waals surface area contributed by atoms with E-state index in [-0.39, 0.29) is 24.7 Å². The van der Waals surface area contributed by atoms with Crippen LogP contribution in [0, 0.1) is 11.8 Å². The molecule has 38 heavy (non-hydrogen) atoms. The third kappa shape index (κ3) is 8.58. The number of nitrogens with two attached hydrogens (primary N) is 1. The highest BCUT2D eigenvalue weighted by molar-refractivity contribution is 5.95. The molecule has 0 saturated carbocycles. The number of para-hydroxylation sites is 1. The second-order valence-electron chi connectivity index (χ2n) is 10.1. The van der Waals surface area contributed by atoms with Crippen LogP contribution in [0.3, 0.4) is 0 Å². The second-order valence-corrected chi connectivity index (χ2v) is 10.1. The van der Waals surface area contributed by atoms with Gasteiger partial charge in [-0.25, -0.2) is 4.79 Å². The summed E-state index contributed by atoms with van der Waals surface area (Å²) in [4.78, 5) is 64.4. The van der Waals surface area contributed by atoms with E-state index in [1.165, 1.54) is 0 Å². The average molecular weight is 532 g/mol. The van der Waals surface area contributed by atoms with Gasteiger partial charge in [-0.15, -0.1) is 0 Å². The highest BCUT2D eigenvalue weighted by Gasteiger charge is 2.32. The van der Waals surface area contributed by atoms with Crippen molar-refractivity contribution in [2.75, 3.05) is 0 Å². The Morgan fingerprint density at radius 3 is 2.11 bits per heavy atom. The first-order valence-corrected chi connectivity index (χ1v) is 12.5. The average Bonchev–Trinajstić information content (AvgIpc) is 3.23. The van der Waals surface area contributed by atoms with E-state index in [4.69, 9.17) is 10.8 Å². The van der Waals surface area contributed by atoms with E-state index in [0.29, 0.717) is 0 Å². The highest BCUT2D eigenvalue weighted by Crippen LogP contribution is 2.19. The van der Waals surface area contributed by atoms with Gasteiger partial charge in [-0.3, -0.25) is 19.2 Å². The summed E-state index contributed by atoms with van der Waals surface area (Å²) in [7, 11) is 0. The minimum Gasteiger partial charge on any atom is -0.481 e. The number of aliphatic carboxylic acids is 2. The molecule has 0 saturated heterocycles. The number of carbonyl (C=O) groups is 5. The molecule has 1 aromatic heterocycles. The first-order valence-electron chi connectivity index (χ1n) is 12.5. The number of carbonyl (C=O) groups excluding carboxylic acids is 3. The van der Waals surface area contributed by atoms with E-state index in [1.807, 2.05) is 38.1 Å². The summed E-state index contributed by atoms with van der Waals surface area (Å²) in [6.45, 7) is 7.06. The summed E-state index contributed by atoms with van der Waals surface area (Å²) in [5.41, 5.74) is 7.93. The van der Waals surface area contributed by atoms with E-state index in [9.17, 15) is 29.1 Å². The fraction of sp³-hybridized carbons (Fsp3) is 0.500. The minimum atomic E-state index is -1.66. The lowest BCUT2D eigenvalue weighted by Gasteiger charge is -2.27. The smallest absolute Gasteiger partial charge is 0.326 e. The Balaban J connectivity index is 2.11. The molecule has 12 nitrogen and oxygen atoms in total. The van der Waals surface area contributed by atoms with E-state index >= 15 is 0 Å². The molecule has 0 bridgehead atoms. The molecule has 2 rings (SSSR count). The number of aromatic nitrogens is 1. The van der Waals surface area contributed by atoms with Crippen molar-refractivity contribution < 1.29 is 34.2 Å². The number of rotatable bonds is 14. The Hall–Kier alpha value is -3.93. The maximum absolute atomic E-state index is 13.2. The fourth-order valence-electron chi connectivity index (χ4n) is 4.04. The number of hydrogen-bond donors (Lipinski definition) is 7. The van der Waals surface area contributed by atoms with Crippen molar-refractivity contribution in [3.8, 4) is 0 Å². The van der Waals surface area contributed by atoms with Crippen molar-refractivity contribution in [3.05, 3.63) is 36.0 Å². The molecule has 0 radical (unpaired) electrons. The molecule has 0 spiro atoms. The van der Waals surface area contributed by atoms with Crippen molar-refractivity contribution in [1.29, 1.82) is 0 Å². The molecule has 3 amide bonds. The summed E-state index contributed by atoms with van der Waals surface area (Å²) in [5, 5.41) is 26.6. The number of benzene rings is 1. The monoisotopic (exact) mass is 531 g/mol. The predicted molar refractivity (Wildman–Crippen MR) is 140 cm³/mol. The molecule has 0 aliphatic carbocycles. The maximum Gasteiger partial charge on any atom is 0.326 e. The molecule has 208 valence electrons. The summed E-state index contributed by atoms with van der Waals surface area (Å²) in [6, 6.07) is 2.84. The van der Waals surface area contributed by atoms with Gasteiger partial charge in [-0.1, -0.05) is 45.9 Å². The predicted octanol–water partition coefficient (Wildman–Crippen LogP) is 0.754. The maximum atomic E-state index is 13.2. The molecule has 0 fully saturated rings. The van der Waals surface area contributed by atoms with Gasteiger partial charge in [0.05, 0.1) is 12.5 Å². The van der Waals surface area contributed by atoms with Gasteiger partial charge in [0.1, 0.15) is 18.1 Å². The zero-order valence-corrected chi connectivity index (χ0v) is 22.0. The minimum absolute atomic E-state index is 0.0644. The van der Waals surface area contributed by atoms with Crippen LogP contribution >= 0.6 is 0 Å². The lowest BCUT2D eigenvalue weighted by Crippen LogP contribution is -2.58. The third-order valence-electron chi connectivity index (χ3n) is 6.03. The molecular weight excluding hydrogens is 494 g/mol. The zero-order chi connectivity index (χ0) is 28.6. The molecule has 4 unspecified atom stereocenters. The van der Waals surface area contributed by atoms with Crippen LogP contribution in [0.15, 0.2) is 30.5 Å². The quantitative estimate of drug-likeness (QED) is 0.185. The van der Waals surface area contributed by atoms with Gasteiger partial charge in [0, 0.05) is 17.1 Å². The van der Waals surface area contributed by atoms with Gasteiger partial charge < -0.3 is 36.9 Å². The van der Waals surface area contributed by atoms with Crippen LogP contribution in [0.4, 0.5) is 0 Å².